The number of hydrogen-bond acceptors (Lipinski definition) is 3. The van der Waals surface area contributed by atoms with Crippen LogP contribution in [0.25, 0.3) is 0 Å². The Morgan fingerprint density at radius 1 is 1.45 bits per heavy atom. The molecule has 5 nitrogen and oxygen atoms in total. The van der Waals surface area contributed by atoms with Crippen molar-refractivity contribution in [2.45, 2.75) is 25.7 Å². The molecule has 3 N–H and O–H groups in total. The summed E-state index contributed by atoms with van der Waals surface area (Å²) in [5, 5.41) is 18.5. The van der Waals surface area contributed by atoms with Crippen LogP contribution in [0, 0.1) is 5.92 Å². The summed E-state index contributed by atoms with van der Waals surface area (Å²) in [5.41, 5.74) is 2.90. The molecule has 0 radical (unpaired) electrons. The fourth-order valence-electron chi connectivity index (χ4n) is 2.69. The highest BCUT2D eigenvalue weighted by Gasteiger charge is 2.26. The van der Waals surface area contributed by atoms with Crippen molar-refractivity contribution >= 4 is 5.97 Å². The van der Waals surface area contributed by atoms with E-state index in [-0.39, 0.29) is 11.7 Å². The molecule has 1 aliphatic rings. The van der Waals surface area contributed by atoms with Gasteiger partial charge in [0.05, 0.1) is 11.6 Å². The molecular formula is C15H16N2O3. The Morgan fingerprint density at radius 2 is 2.30 bits per heavy atom. The molecule has 0 spiro atoms. The molecule has 0 fully saturated rings. The summed E-state index contributed by atoms with van der Waals surface area (Å²) in [5.74, 6) is 0.0211. The van der Waals surface area contributed by atoms with E-state index in [1.807, 2.05) is 6.07 Å². The standard InChI is InChI=1S/C15H16N2O3/c18-11-3-1-2-9(6-11)7-14-16-12-5-4-10(15(19)20)8-13(12)17-14/h1-3,6,10,18H,4-5,7-8H2,(H,16,17)(H,19,20). The van der Waals surface area contributed by atoms with Crippen molar-refractivity contribution in [1.82, 2.24) is 9.97 Å². The number of carbonyl (C=O) groups is 1. The lowest BCUT2D eigenvalue weighted by Gasteiger charge is -2.16. The lowest BCUT2D eigenvalue weighted by Crippen LogP contribution is -2.22. The van der Waals surface area contributed by atoms with Crippen LogP contribution in [-0.4, -0.2) is 26.2 Å². The summed E-state index contributed by atoms with van der Waals surface area (Å²) in [6.07, 6.45) is 2.50. The van der Waals surface area contributed by atoms with Gasteiger partial charge in [0, 0.05) is 18.5 Å². The van der Waals surface area contributed by atoms with Crippen molar-refractivity contribution in [3.63, 3.8) is 0 Å². The SMILES string of the molecule is O=C(O)C1CCc2nc(Cc3cccc(O)c3)[nH]c2C1. The van der Waals surface area contributed by atoms with Gasteiger partial charge in [0.2, 0.25) is 0 Å². The first-order valence-corrected chi connectivity index (χ1v) is 6.69. The van der Waals surface area contributed by atoms with Gasteiger partial charge in [-0.1, -0.05) is 12.1 Å². The van der Waals surface area contributed by atoms with E-state index in [2.05, 4.69) is 9.97 Å². The number of carboxylic acids is 1. The highest BCUT2D eigenvalue weighted by Crippen LogP contribution is 2.25. The number of aromatic hydroxyl groups is 1. The molecule has 0 bridgehead atoms. The normalized spacial score (nSPS) is 17.7. The van der Waals surface area contributed by atoms with E-state index in [1.165, 1.54) is 0 Å². The zero-order chi connectivity index (χ0) is 14.1. The highest BCUT2D eigenvalue weighted by molar-refractivity contribution is 5.70. The molecule has 0 saturated heterocycles. The third-order valence-corrected chi connectivity index (χ3v) is 3.72. The van der Waals surface area contributed by atoms with Gasteiger partial charge in [0.25, 0.3) is 0 Å². The second kappa shape index (κ2) is 5.00. The van der Waals surface area contributed by atoms with Crippen molar-refractivity contribution in [1.29, 1.82) is 0 Å². The number of imidazole rings is 1. The zero-order valence-electron chi connectivity index (χ0n) is 11.0. The summed E-state index contributed by atoms with van der Waals surface area (Å²) < 4.78 is 0. The number of nitrogens with zero attached hydrogens (tertiary/aromatic N) is 1. The first-order valence-electron chi connectivity index (χ1n) is 6.69. The lowest BCUT2D eigenvalue weighted by molar-refractivity contribution is -0.142. The highest BCUT2D eigenvalue weighted by atomic mass is 16.4. The maximum atomic E-state index is 11.0. The van der Waals surface area contributed by atoms with Gasteiger partial charge in [-0.3, -0.25) is 4.79 Å². The third kappa shape index (κ3) is 2.52. The smallest absolute Gasteiger partial charge is 0.306 e. The molecule has 1 heterocycles. The number of aromatic amines is 1. The molecule has 104 valence electrons. The largest absolute Gasteiger partial charge is 0.508 e. The fourth-order valence-corrected chi connectivity index (χ4v) is 2.69. The Balaban J connectivity index is 1.79. The molecule has 3 rings (SSSR count). The van der Waals surface area contributed by atoms with Crippen LogP contribution in [0.4, 0.5) is 0 Å². The molecule has 0 aliphatic heterocycles. The second-order valence-electron chi connectivity index (χ2n) is 5.23. The maximum absolute atomic E-state index is 11.0. The van der Waals surface area contributed by atoms with Crippen LogP contribution in [0.5, 0.6) is 5.75 Å². The van der Waals surface area contributed by atoms with Gasteiger partial charge in [-0.25, -0.2) is 4.98 Å². The van der Waals surface area contributed by atoms with Gasteiger partial charge in [-0.15, -0.1) is 0 Å². The van der Waals surface area contributed by atoms with Gasteiger partial charge >= 0.3 is 5.97 Å². The minimum atomic E-state index is -0.736. The predicted molar refractivity (Wildman–Crippen MR) is 72.7 cm³/mol. The number of benzene rings is 1. The number of H-pyrrole nitrogens is 1. The topological polar surface area (TPSA) is 86.2 Å². The van der Waals surface area contributed by atoms with Crippen molar-refractivity contribution in [2.75, 3.05) is 0 Å². The van der Waals surface area contributed by atoms with Crippen LogP contribution in [0.2, 0.25) is 0 Å². The van der Waals surface area contributed by atoms with Crippen molar-refractivity contribution in [2.24, 2.45) is 5.92 Å². The number of phenolic OH excluding ortho intramolecular Hbond substituents is 1. The molecule has 1 unspecified atom stereocenters. The lowest BCUT2D eigenvalue weighted by atomic mass is 9.90. The zero-order valence-corrected chi connectivity index (χ0v) is 11.0. The Morgan fingerprint density at radius 3 is 3.05 bits per heavy atom. The van der Waals surface area contributed by atoms with Crippen LogP contribution in [0.1, 0.15) is 29.2 Å². The number of phenols is 1. The van der Waals surface area contributed by atoms with Gasteiger partial charge in [0.15, 0.2) is 0 Å². The van der Waals surface area contributed by atoms with Crippen molar-refractivity contribution in [3.05, 3.63) is 47.0 Å². The predicted octanol–water partition coefficient (Wildman–Crippen LogP) is 1.90. The molecule has 0 amide bonds. The average Bonchev–Trinajstić information content (AvgIpc) is 2.79. The Hall–Kier alpha value is -2.30. The van der Waals surface area contributed by atoms with Gasteiger partial charge in [0.1, 0.15) is 11.6 Å². The Labute approximate surface area is 116 Å². The van der Waals surface area contributed by atoms with E-state index in [0.717, 1.165) is 22.8 Å². The van der Waals surface area contributed by atoms with E-state index in [4.69, 9.17) is 5.11 Å². The summed E-state index contributed by atoms with van der Waals surface area (Å²) in [7, 11) is 0. The molecule has 5 heteroatoms. The molecule has 20 heavy (non-hydrogen) atoms. The van der Waals surface area contributed by atoms with E-state index < -0.39 is 5.97 Å². The molecule has 1 aromatic carbocycles. The summed E-state index contributed by atoms with van der Waals surface area (Å²) in [6, 6.07) is 7.07. The number of hydrogen-bond donors (Lipinski definition) is 3. The minimum absolute atomic E-state index is 0.241. The number of aromatic nitrogens is 2. The van der Waals surface area contributed by atoms with E-state index in [9.17, 15) is 9.90 Å². The van der Waals surface area contributed by atoms with Gasteiger partial charge < -0.3 is 15.2 Å². The number of nitrogens with one attached hydrogen (secondary N) is 1. The maximum Gasteiger partial charge on any atom is 0.306 e. The summed E-state index contributed by atoms with van der Waals surface area (Å²) in [6.45, 7) is 0. The number of fused-ring (bicyclic) bond motifs is 1. The molecule has 1 aromatic heterocycles. The number of aliphatic carboxylic acids is 1. The molecular weight excluding hydrogens is 256 g/mol. The monoisotopic (exact) mass is 272 g/mol. The van der Waals surface area contributed by atoms with Crippen LogP contribution in [0.3, 0.4) is 0 Å². The average molecular weight is 272 g/mol. The Bertz CT molecular complexity index is 648. The third-order valence-electron chi connectivity index (χ3n) is 3.72. The molecule has 1 aliphatic carbocycles. The van der Waals surface area contributed by atoms with Gasteiger partial charge in [-0.2, -0.15) is 0 Å². The fraction of sp³-hybridized carbons (Fsp3) is 0.333. The Kier molecular flexibility index (Phi) is 3.18. The van der Waals surface area contributed by atoms with Crippen LogP contribution in [-0.2, 0) is 24.1 Å². The summed E-state index contributed by atoms with van der Waals surface area (Å²) >= 11 is 0. The van der Waals surface area contributed by atoms with Crippen LogP contribution in [0.15, 0.2) is 24.3 Å². The van der Waals surface area contributed by atoms with E-state index >= 15 is 0 Å². The van der Waals surface area contributed by atoms with Crippen molar-refractivity contribution in [3.8, 4) is 5.75 Å². The number of aryl methyl sites for hydroxylation is 1. The quantitative estimate of drug-likeness (QED) is 0.796. The second-order valence-corrected chi connectivity index (χ2v) is 5.23. The van der Waals surface area contributed by atoms with E-state index in [0.29, 0.717) is 25.7 Å². The van der Waals surface area contributed by atoms with Gasteiger partial charge in [-0.05, 0) is 30.5 Å². The number of carboxylic acid groups (broad SMARTS) is 1. The van der Waals surface area contributed by atoms with Crippen molar-refractivity contribution < 1.29 is 15.0 Å². The summed E-state index contributed by atoms with van der Waals surface area (Å²) in [4.78, 5) is 18.8. The minimum Gasteiger partial charge on any atom is -0.508 e. The van der Waals surface area contributed by atoms with Crippen LogP contribution < -0.4 is 0 Å². The first kappa shape index (κ1) is 12.7. The molecule has 2 aromatic rings. The number of rotatable bonds is 3. The van der Waals surface area contributed by atoms with Crippen LogP contribution >= 0.6 is 0 Å². The first-order chi connectivity index (χ1) is 9.61. The molecule has 1 atom stereocenters. The molecule has 0 saturated carbocycles. The van der Waals surface area contributed by atoms with E-state index in [1.54, 1.807) is 18.2 Å².